The Kier molecular flexibility index (Phi) is 5.86. The van der Waals surface area contributed by atoms with Gasteiger partial charge in [-0.3, -0.25) is 4.79 Å². The predicted molar refractivity (Wildman–Crippen MR) is 92.2 cm³/mol. The molecule has 1 N–H and O–H groups in total. The van der Waals surface area contributed by atoms with Crippen LogP contribution >= 0.6 is 0 Å². The molecular formula is C20H28O3. The molecule has 0 bridgehead atoms. The van der Waals surface area contributed by atoms with Gasteiger partial charge in [-0.15, -0.1) is 0 Å². The lowest BCUT2D eigenvalue weighted by Gasteiger charge is -2.39. The quantitative estimate of drug-likeness (QED) is 0.686. The number of aryl methyl sites for hydroxylation is 1. The average molecular weight is 316 g/mol. The lowest BCUT2D eigenvalue weighted by Crippen LogP contribution is -2.39. The van der Waals surface area contributed by atoms with Gasteiger partial charge in [0, 0.05) is 0 Å². The number of allylic oxidation sites excluding steroid dienone is 3. The topological polar surface area (TPSA) is 50.4 Å². The highest BCUT2D eigenvalue weighted by Gasteiger charge is 2.44. The molecule has 1 aliphatic rings. The van der Waals surface area contributed by atoms with E-state index < -0.39 is 11.4 Å². The normalized spacial score (nSPS) is 25.6. The summed E-state index contributed by atoms with van der Waals surface area (Å²) in [4.78, 5) is 11.7. The molecule has 23 heavy (non-hydrogen) atoms. The Bertz CT molecular complexity index is 568. The molecule has 1 aliphatic carbocycles. The van der Waals surface area contributed by atoms with Crippen LogP contribution in [0.15, 0.2) is 46.8 Å². The maximum absolute atomic E-state index is 11.7. The molecular weight excluding hydrogens is 288 g/mol. The van der Waals surface area contributed by atoms with Gasteiger partial charge in [0.05, 0.1) is 17.9 Å². The molecule has 0 saturated heterocycles. The van der Waals surface area contributed by atoms with Gasteiger partial charge in [-0.1, -0.05) is 23.8 Å². The highest BCUT2D eigenvalue weighted by Crippen LogP contribution is 2.46. The molecule has 0 amide bonds. The fourth-order valence-electron chi connectivity index (χ4n) is 3.65. The third-order valence-electron chi connectivity index (χ3n) is 5.28. The number of carboxylic acids is 1. The molecule has 2 atom stereocenters. The standard InChI is InChI=1S/C20H28O3/c1-15(6-4-8-17-11-13-23-14-17)9-10-18-16(2)7-5-12-20(18,3)19(21)22/h6,11,13-14,18H,2,4-5,7-10,12H2,1,3H3,(H,21,22). The summed E-state index contributed by atoms with van der Waals surface area (Å²) in [5, 5.41) is 9.63. The number of carboxylic acid groups (broad SMARTS) is 1. The van der Waals surface area contributed by atoms with E-state index in [9.17, 15) is 9.90 Å². The molecule has 0 aliphatic heterocycles. The smallest absolute Gasteiger partial charge is 0.309 e. The van der Waals surface area contributed by atoms with Crippen molar-refractivity contribution in [2.75, 3.05) is 0 Å². The van der Waals surface area contributed by atoms with E-state index in [2.05, 4.69) is 19.6 Å². The number of furan rings is 1. The number of hydrogen-bond donors (Lipinski definition) is 1. The van der Waals surface area contributed by atoms with Crippen LogP contribution in [0.25, 0.3) is 0 Å². The molecule has 126 valence electrons. The minimum absolute atomic E-state index is 0.0889. The zero-order valence-corrected chi connectivity index (χ0v) is 14.3. The van der Waals surface area contributed by atoms with Crippen LogP contribution in [0, 0.1) is 11.3 Å². The molecule has 1 saturated carbocycles. The molecule has 0 aromatic carbocycles. The van der Waals surface area contributed by atoms with Gasteiger partial charge in [-0.05, 0) is 76.3 Å². The molecule has 1 heterocycles. The highest BCUT2D eigenvalue weighted by molar-refractivity contribution is 5.75. The van der Waals surface area contributed by atoms with Crippen molar-refractivity contribution >= 4 is 5.97 Å². The summed E-state index contributed by atoms with van der Waals surface area (Å²) in [6.45, 7) is 8.18. The first-order valence-corrected chi connectivity index (χ1v) is 8.51. The van der Waals surface area contributed by atoms with Crippen LogP contribution < -0.4 is 0 Å². The molecule has 0 spiro atoms. The highest BCUT2D eigenvalue weighted by atomic mass is 16.4. The van der Waals surface area contributed by atoms with Gasteiger partial charge >= 0.3 is 5.97 Å². The van der Waals surface area contributed by atoms with Crippen molar-refractivity contribution in [1.82, 2.24) is 0 Å². The Morgan fingerprint density at radius 2 is 2.35 bits per heavy atom. The van der Waals surface area contributed by atoms with Crippen LogP contribution in [0.4, 0.5) is 0 Å². The Balaban J connectivity index is 1.89. The van der Waals surface area contributed by atoms with E-state index in [1.165, 1.54) is 11.1 Å². The lowest BCUT2D eigenvalue weighted by atomic mass is 9.64. The zero-order chi connectivity index (χ0) is 16.9. The number of hydrogen-bond acceptors (Lipinski definition) is 2. The second kappa shape index (κ2) is 7.67. The van der Waals surface area contributed by atoms with E-state index in [-0.39, 0.29) is 5.92 Å². The number of aliphatic carboxylic acids is 1. The maximum Gasteiger partial charge on any atom is 0.309 e. The molecule has 1 fully saturated rings. The summed E-state index contributed by atoms with van der Waals surface area (Å²) >= 11 is 0. The number of rotatable bonds is 7. The van der Waals surface area contributed by atoms with Gasteiger partial charge in [0.2, 0.25) is 0 Å². The molecule has 1 aromatic rings. The van der Waals surface area contributed by atoms with Crippen molar-refractivity contribution in [2.24, 2.45) is 11.3 Å². The van der Waals surface area contributed by atoms with Crippen LogP contribution in [0.1, 0.15) is 57.9 Å². The van der Waals surface area contributed by atoms with E-state index in [4.69, 9.17) is 4.42 Å². The molecule has 0 radical (unpaired) electrons. The Morgan fingerprint density at radius 3 is 3.00 bits per heavy atom. The zero-order valence-electron chi connectivity index (χ0n) is 14.3. The summed E-state index contributed by atoms with van der Waals surface area (Å²) in [6.07, 6.45) is 12.2. The van der Waals surface area contributed by atoms with Crippen molar-refractivity contribution in [3.8, 4) is 0 Å². The largest absolute Gasteiger partial charge is 0.481 e. The summed E-state index contributed by atoms with van der Waals surface area (Å²) in [5.74, 6) is -0.587. The monoisotopic (exact) mass is 316 g/mol. The van der Waals surface area contributed by atoms with E-state index in [0.29, 0.717) is 0 Å². The van der Waals surface area contributed by atoms with Gasteiger partial charge in [-0.2, -0.15) is 0 Å². The van der Waals surface area contributed by atoms with Gasteiger partial charge in [0.15, 0.2) is 0 Å². The first kappa shape index (κ1) is 17.6. The Morgan fingerprint density at radius 1 is 1.57 bits per heavy atom. The molecule has 2 unspecified atom stereocenters. The molecule has 1 aromatic heterocycles. The second-order valence-electron chi connectivity index (χ2n) is 7.05. The number of carbonyl (C=O) groups is 1. The molecule has 2 rings (SSSR count). The fraction of sp³-hybridized carbons (Fsp3) is 0.550. The summed E-state index contributed by atoms with van der Waals surface area (Å²) < 4.78 is 5.07. The lowest BCUT2D eigenvalue weighted by molar-refractivity contribution is -0.152. The Hall–Kier alpha value is -1.77. The van der Waals surface area contributed by atoms with Gasteiger partial charge in [-0.25, -0.2) is 0 Å². The van der Waals surface area contributed by atoms with Crippen molar-refractivity contribution < 1.29 is 14.3 Å². The summed E-state index contributed by atoms with van der Waals surface area (Å²) in [6, 6.07) is 1.99. The maximum atomic E-state index is 11.7. The van der Waals surface area contributed by atoms with E-state index >= 15 is 0 Å². The summed E-state index contributed by atoms with van der Waals surface area (Å²) in [7, 11) is 0. The van der Waals surface area contributed by atoms with Gasteiger partial charge < -0.3 is 9.52 Å². The minimum Gasteiger partial charge on any atom is -0.481 e. The van der Waals surface area contributed by atoms with Crippen molar-refractivity contribution in [3.05, 3.63) is 48.0 Å². The Labute approximate surface area is 139 Å². The summed E-state index contributed by atoms with van der Waals surface area (Å²) in [5.41, 5.74) is 3.02. The fourth-order valence-corrected chi connectivity index (χ4v) is 3.65. The molecule has 3 heteroatoms. The van der Waals surface area contributed by atoms with Crippen LogP contribution in [0.5, 0.6) is 0 Å². The average Bonchev–Trinajstić information content (AvgIpc) is 3.00. The molecule has 3 nitrogen and oxygen atoms in total. The van der Waals surface area contributed by atoms with Gasteiger partial charge in [0.25, 0.3) is 0 Å². The van der Waals surface area contributed by atoms with E-state index in [1.54, 1.807) is 12.5 Å². The second-order valence-corrected chi connectivity index (χ2v) is 7.05. The van der Waals surface area contributed by atoms with Crippen LogP contribution in [0.3, 0.4) is 0 Å². The minimum atomic E-state index is -0.676. The SMILES string of the molecule is C=C1CCCC(C)(C(=O)O)C1CCC(C)=CCCc1ccoc1. The first-order valence-electron chi connectivity index (χ1n) is 8.51. The van der Waals surface area contributed by atoms with Crippen LogP contribution in [-0.2, 0) is 11.2 Å². The third-order valence-corrected chi connectivity index (χ3v) is 5.28. The first-order chi connectivity index (χ1) is 10.9. The van der Waals surface area contributed by atoms with Crippen molar-refractivity contribution in [1.29, 1.82) is 0 Å². The van der Waals surface area contributed by atoms with E-state index in [0.717, 1.165) is 50.5 Å². The van der Waals surface area contributed by atoms with E-state index in [1.807, 2.05) is 13.0 Å². The third kappa shape index (κ3) is 4.37. The van der Waals surface area contributed by atoms with Crippen molar-refractivity contribution in [2.45, 2.75) is 58.8 Å². The van der Waals surface area contributed by atoms with Gasteiger partial charge in [0.1, 0.15) is 0 Å². The van der Waals surface area contributed by atoms with Crippen LogP contribution in [-0.4, -0.2) is 11.1 Å². The van der Waals surface area contributed by atoms with Crippen molar-refractivity contribution in [3.63, 3.8) is 0 Å². The predicted octanol–water partition coefficient (Wildman–Crippen LogP) is 5.39. The van der Waals surface area contributed by atoms with Crippen LogP contribution in [0.2, 0.25) is 0 Å².